The van der Waals surface area contributed by atoms with Gasteiger partial charge in [-0.05, 0) is 36.8 Å². The minimum atomic E-state index is 0.703. The summed E-state index contributed by atoms with van der Waals surface area (Å²) in [6.07, 6.45) is 9.68. The van der Waals surface area contributed by atoms with Crippen molar-refractivity contribution in [2.45, 2.75) is 51.4 Å². The molecule has 0 atom stereocenters. The van der Waals surface area contributed by atoms with E-state index in [1.54, 1.807) is 0 Å². The van der Waals surface area contributed by atoms with Crippen molar-refractivity contribution in [2.24, 2.45) is 0 Å². The number of aromatic nitrogens is 1. The van der Waals surface area contributed by atoms with E-state index in [1.807, 2.05) is 6.20 Å². The Kier molecular flexibility index (Phi) is 3.63. The molecule has 0 aromatic carbocycles. The van der Waals surface area contributed by atoms with E-state index in [-0.39, 0.29) is 0 Å². The summed E-state index contributed by atoms with van der Waals surface area (Å²) in [6, 6.07) is 2.13. The molecule has 82 valence electrons. The van der Waals surface area contributed by atoms with Crippen molar-refractivity contribution in [3.63, 3.8) is 0 Å². The molecule has 1 heterocycles. The van der Waals surface area contributed by atoms with Gasteiger partial charge in [0.25, 0.3) is 0 Å². The van der Waals surface area contributed by atoms with Crippen LogP contribution in [0.15, 0.2) is 12.3 Å². The minimum absolute atomic E-state index is 0.703. The molecular formula is C13H18ClN. The molecule has 1 aliphatic carbocycles. The third-order valence-electron chi connectivity index (χ3n) is 3.35. The maximum atomic E-state index is 6.19. The molecule has 0 unspecified atom stereocenters. The molecule has 0 N–H and O–H groups in total. The number of nitrogens with zero attached hydrogens (tertiary/aromatic N) is 1. The molecule has 1 aliphatic rings. The van der Waals surface area contributed by atoms with Crippen LogP contribution in [-0.2, 0) is 6.42 Å². The molecule has 1 fully saturated rings. The van der Waals surface area contributed by atoms with E-state index >= 15 is 0 Å². The van der Waals surface area contributed by atoms with Crippen LogP contribution in [0.1, 0.15) is 56.2 Å². The van der Waals surface area contributed by atoms with Crippen LogP contribution in [-0.4, -0.2) is 4.98 Å². The Hall–Kier alpha value is -0.560. The minimum Gasteiger partial charge on any atom is -0.259 e. The zero-order valence-electron chi connectivity index (χ0n) is 9.30. The Balaban J connectivity index is 2.17. The zero-order valence-corrected chi connectivity index (χ0v) is 10.1. The molecule has 1 nitrogen and oxygen atoms in total. The molecule has 15 heavy (non-hydrogen) atoms. The number of hydrogen-bond acceptors (Lipinski definition) is 1. The molecule has 0 aliphatic heterocycles. The largest absolute Gasteiger partial charge is 0.259 e. The fourth-order valence-corrected chi connectivity index (χ4v) is 2.71. The smallest absolute Gasteiger partial charge is 0.0624 e. The van der Waals surface area contributed by atoms with E-state index in [0.717, 1.165) is 17.1 Å². The lowest BCUT2D eigenvalue weighted by Gasteiger charge is -2.22. The van der Waals surface area contributed by atoms with E-state index in [0.29, 0.717) is 5.92 Å². The van der Waals surface area contributed by atoms with Crippen molar-refractivity contribution in [1.29, 1.82) is 0 Å². The highest BCUT2D eigenvalue weighted by Gasteiger charge is 2.16. The quantitative estimate of drug-likeness (QED) is 0.727. The first kappa shape index (κ1) is 10.9. The molecule has 0 spiro atoms. The van der Waals surface area contributed by atoms with Gasteiger partial charge in [-0.3, -0.25) is 4.98 Å². The highest BCUT2D eigenvalue weighted by atomic mass is 35.5. The van der Waals surface area contributed by atoms with Crippen LogP contribution in [0, 0.1) is 0 Å². The lowest BCUT2D eigenvalue weighted by Crippen LogP contribution is -2.05. The monoisotopic (exact) mass is 223 g/mol. The Morgan fingerprint density at radius 2 is 2.07 bits per heavy atom. The molecule has 0 amide bonds. The van der Waals surface area contributed by atoms with E-state index in [1.165, 1.54) is 37.7 Å². The van der Waals surface area contributed by atoms with Gasteiger partial charge in [-0.2, -0.15) is 0 Å². The number of pyridine rings is 1. The molecule has 2 rings (SSSR count). The molecule has 2 heteroatoms. The van der Waals surface area contributed by atoms with Crippen LogP contribution >= 0.6 is 11.6 Å². The highest BCUT2D eigenvalue weighted by Crippen LogP contribution is 2.33. The van der Waals surface area contributed by atoms with Gasteiger partial charge in [0.15, 0.2) is 0 Å². The first-order chi connectivity index (χ1) is 7.31. The van der Waals surface area contributed by atoms with Gasteiger partial charge in [0.1, 0.15) is 0 Å². The maximum absolute atomic E-state index is 6.19. The summed E-state index contributed by atoms with van der Waals surface area (Å²) in [5, 5.41) is 0.848. The van der Waals surface area contributed by atoms with Crippen LogP contribution in [0.3, 0.4) is 0 Å². The van der Waals surface area contributed by atoms with E-state index in [4.69, 9.17) is 11.6 Å². The van der Waals surface area contributed by atoms with Gasteiger partial charge in [0, 0.05) is 6.20 Å². The zero-order chi connectivity index (χ0) is 10.7. The van der Waals surface area contributed by atoms with Gasteiger partial charge in [0.05, 0.1) is 10.7 Å². The fraction of sp³-hybridized carbons (Fsp3) is 0.615. The highest BCUT2D eigenvalue weighted by molar-refractivity contribution is 6.31. The van der Waals surface area contributed by atoms with Gasteiger partial charge in [-0.15, -0.1) is 0 Å². The second kappa shape index (κ2) is 4.98. The van der Waals surface area contributed by atoms with Gasteiger partial charge < -0.3 is 0 Å². The third kappa shape index (κ3) is 2.52. The first-order valence-electron chi connectivity index (χ1n) is 5.95. The molecule has 1 saturated carbocycles. The topological polar surface area (TPSA) is 12.9 Å². The number of rotatable bonds is 2. The second-order valence-corrected chi connectivity index (χ2v) is 4.79. The van der Waals surface area contributed by atoms with Crippen molar-refractivity contribution in [2.75, 3.05) is 0 Å². The van der Waals surface area contributed by atoms with Crippen molar-refractivity contribution in [3.05, 3.63) is 28.5 Å². The van der Waals surface area contributed by atoms with Crippen LogP contribution < -0.4 is 0 Å². The summed E-state index contributed by atoms with van der Waals surface area (Å²) in [7, 11) is 0. The second-order valence-electron chi connectivity index (χ2n) is 4.39. The Labute approximate surface area is 96.9 Å². The molecule has 0 saturated heterocycles. The van der Waals surface area contributed by atoms with Crippen LogP contribution in [0.4, 0.5) is 0 Å². The van der Waals surface area contributed by atoms with E-state index in [9.17, 15) is 0 Å². The lowest BCUT2D eigenvalue weighted by atomic mass is 9.85. The standard InChI is InChI=1S/C13H18ClN/c1-2-13-12(14)8-11(9-15-13)10-6-4-3-5-7-10/h8-10H,2-7H2,1H3. The Morgan fingerprint density at radius 1 is 1.33 bits per heavy atom. The summed E-state index contributed by atoms with van der Waals surface area (Å²) in [5.74, 6) is 0.703. The van der Waals surface area contributed by atoms with Gasteiger partial charge in [0.2, 0.25) is 0 Å². The average Bonchev–Trinajstić information content (AvgIpc) is 2.30. The fourth-order valence-electron chi connectivity index (χ4n) is 2.40. The van der Waals surface area contributed by atoms with Gasteiger partial charge in [-0.1, -0.05) is 37.8 Å². The third-order valence-corrected chi connectivity index (χ3v) is 3.68. The van der Waals surface area contributed by atoms with Gasteiger partial charge >= 0.3 is 0 Å². The van der Waals surface area contributed by atoms with Crippen molar-refractivity contribution in [1.82, 2.24) is 4.98 Å². The van der Waals surface area contributed by atoms with E-state index < -0.39 is 0 Å². The summed E-state index contributed by atoms with van der Waals surface area (Å²) in [5.41, 5.74) is 2.37. The molecule has 1 aromatic heterocycles. The van der Waals surface area contributed by atoms with Gasteiger partial charge in [-0.25, -0.2) is 0 Å². The normalized spacial score (nSPS) is 18.0. The van der Waals surface area contributed by atoms with Crippen molar-refractivity contribution < 1.29 is 0 Å². The van der Waals surface area contributed by atoms with E-state index in [2.05, 4.69) is 18.0 Å². The van der Waals surface area contributed by atoms with Crippen molar-refractivity contribution >= 4 is 11.6 Å². The summed E-state index contributed by atoms with van der Waals surface area (Å²) in [6.45, 7) is 2.09. The molecule has 1 aromatic rings. The lowest BCUT2D eigenvalue weighted by molar-refractivity contribution is 0.443. The predicted octanol–water partition coefficient (Wildman–Crippen LogP) is 4.35. The average molecular weight is 224 g/mol. The SMILES string of the molecule is CCc1ncc(C2CCCCC2)cc1Cl. The number of hydrogen-bond donors (Lipinski definition) is 0. The number of aryl methyl sites for hydroxylation is 1. The predicted molar refractivity (Wildman–Crippen MR) is 64.5 cm³/mol. The molecular weight excluding hydrogens is 206 g/mol. The Bertz CT molecular complexity index is 329. The first-order valence-corrected chi connectivity index (χ1v) is 6.33. The number of halogens is 1. The van der Waals surface area contributed by atoms with Crippen LogP contribution in [0.5, 0.6) is 0 Å². The summed E-state index contributed by atoms with van der Waals surface area (Å²) < 4.78 is 0. The molecule has 0 bridgehead atoms. The van der Waals surface area contributed by atoms with Crippen molar-refractivity contribution in [3.8, 4) is 0 Å². The van der Waals surface area contributed by atoms with Crippen LogP contribution in [0.25, 0.3) is 0 Å². The summed E-state index contributed by atoms with van der Waals surface area (Å²) in [4.78, 5) is 4.44. The molecule has 0 radical (unpaired) electrons. The van der Waals surface area contributed by atoms with Crippen LogP contribution in [0.2, 0.25) is 5.02 Å². The Morgan fingerprint density at radius 3 is 2.67 bits per heavy atom. The summed E-state index contributed by atoms with van der Waals surface area (Å²) >= 11 is 6.19. The maximum Gasteiger partial charge on any atom is 0.0624 e.